The zero-order valence-corrected chi connectivity index (χ0v) is 22.2. The van der Waals surface area contributed by atoms with Crippen LogP contribution in [0, 0.1) is 5.92 Å². The first-order valence-corrected chi connectivity index (χ1v) is 13.5. The molecular weight excluding hydrogens is 522 g/mol. The highest BCUT2D eigenvalue weighted by atomic mass is 35.5. The zero-order valence-electron chi connectivity index (χ0n) is 20.7. The van der Waals surface area contributed by atoms with Crippen molar-refractivity contribution in [2.45, 2.75) is 25.7 Å². The lowest BCUT2D eigenvalue weighted by atomic mass is 10.0. The number of carbonyl (C=O) groups excluding carboxylic acids is 1. The van der Waals surface area contributed by atoms with Crippen molar-refractivity contribution in [3.8, 4) is 0 Å². The molecule has 1 atom stereocenters. The van der Waals surface area contributed by atoms with Crippen molar-refractivity contribution in [2.75, 3.05) is 29.0 Å². The van der Waals surface area contributed by atoms with Gasteiger partial charge in [0.05, 0.1) is 18.1 Å². The normalized spacial score (nSPS) is 16.8. The second kappa shape index (κ2) is 11.7. The summed E-state index contributed by atoms with van der Waals surface area (Å²) in [5.74, 6) is 6.63. The third-order valence-electron chi connectivity index (χ3n) is 6.45. The first-order valence-electron chi connectivity index (χ1n) is 12.2. The van der Waals surface area contributed by atoms with E-state index in [2.05, 4.69) is 47.5 Å². The average Bonchev–Trinajstić information content (AvgIpc) is 3.37. The Balaban J connectivity index is 1.34. The number of aromatic nitrogens is 3. The van der Waals surface area contributed by atoms with Crippen molar-refractivity contribution >= 4 is 63.3 Å². The number of rotatable bonds is 4. The number of hydrogen-bond donors (Lipinski definition) is 4. The van der Waals surface area contributed by atoms with Gasteiger partial charge in [0.25, 0.3) is 0 Å². The molecule has 12 heteroatoms. The monoisotopic (exact) mass is 549 g/mol. The predicted molar refractivity (Wildman–Crippen MR) is 154 cm³/mol. The number of likely N-dealkylation sites (tertiary alicyclic amines) is 1. The Kier molecular flexibility index (Phi) is 7.94. The molecule has 1 saturated heterocycles. The molecule has 2 aromatic heterocycles. The highest BCUT2D eigenvalue weighted by Gasteiger charge is 2.27. The van der Waals surface area contributed by atoms with Gasteiger partial charge in [-0.15, -0.1) is 0 Å². The maximum Gasteiger partial charge on any atom is 0.229 e. The molecule has 0 aliphatic carbocycles. The Bertz CT molecular complexity index is 1380. The number of pyridine rings is 1. The molecule has 2 aliphatic rings. The molecule has 3 aromatic rings. The smallest absolute Gasteiger partial charge is 0.229 e. The topological polar surface area (TPSA) is 133 Å². The number of benzene rings is 1. The fourth-order valence-corrected chi connectivity index (χ4v) is 5.31. The summed E-state index contributed by atoms with van der Waals surface area (Å²) in [6, 6.07) is 7.86. The number of amides is 1. The summed E-state index contributed by atoms with van der Waals surface area (Å²) in [7, 11) is 0. The largest absolute Gasteiger partial charge is 0.349 e. The molecule has 6 bridgehead atoms. The van der Waals surface area contributed by atoms with E-state index in [-0.39, 0.29) is 11.8 Å². The number of nitrogens with zero attached hydrogens (tertiary/aromatic N) is 5. The van der Waals surface area contributed by atoms with Gasteiger partial charge in [0.1, 0.15) is 5.02 Å². The minimum Gasteiger partial charge on any atom is -0.349 e. The molecule has 38 heavy (non-hydrogen) atoms. The van der Waals surface area contributed by atoms with Crippen LogP contribution in [0.15, 0.2) is 59.9 Å². The number of anilines is 5. The van der Waals surface area contributed by atoms with Gasteiger partial charge in [-0.3, -0.25) is 9.78 Å². The Hall–Kier alpha value is -3.83. The van der Waals surface area contributed by atoms with E-state index in [0.717, 1.165) is 59.3 Å². The number of fused-ring (bicyclic) bond motifs is 6. The first kappa shape index (κ1) is 25.8. The third-order valence-corrected chi connectivity index (χ3v) is 7.47. The summed E-state index contributed by atoms with van der Waals surface area (Å²) < 4.78 is 0. The van der Waals surface area contributed by atoms with Crippen molar-refractivity contribution in [3.63, 3.8) is 0 Å². The maximum absolute atomic E-state index is 13.1. The van der Waals surface area contributed by atoms with Crippen LogP contribution in [-0.2, 0) is 17.6 Å². The van der Waals surface area contributed by atoms with Gasteiger partial charge >= 0.3 is 0 Å². The lowest BCUT2D eigenvalue weighted by Crippen LogP contribution is -2.27. The summed E-state index contributed by atoms with van der Waals surface area (Å²) >= 11 is 7.76. The number of thioether (sulfide) groups is 1. The van der Waals surface area contributed by atoms with Crippen molar-refractivity contribution in [1.82, 2.24) is 19.9 Å². The SMILES string of the molecule is C=CS/C(=N\N)N1CCC(CC(=O)Nc2ccc3cc2CCc2cncc(c2)Nc2ncc(Cl)c(n2)N3)C1. The van der Waals surface area contributed by atoms with E-state index in [9.17, 15) is 4.79 Å². The van der Waals surface area contributed by atoms with Gasteiger partial charge in [0.15, 0.2) is 11.0 Å². The van der Waals surface area contributed by atoms with Crippen LogP contribution in [0.3, 0.4) is 0 Å². The van der Waals surface area contributed by atoms with Crippen molar-refractivity contribution in [1.29, 1.82) is 0 Å². The second-order valence-corrected chi connectivity index (χ2v) is 10.5. The van der Waals surface area contributed by atoms with Crippen LogP contribution in [0.5, 0.6) is 0 Å². The molecule has 0 radical (unpaired) electrons. The summed E-state index contributed by atoms with van der Waals surface area (Å²) in [6.07, 6.45) is 7.89. The molecule has 5 rings (SSSR count). The van der Waals surface area contributed by atoms with E-state index >= 15 is 0 Å². The highest BCUT2D eigenvalue weighted by Crippen LogP contribution is 2.30. The van der Waals surface area contributed by atoms with Gasteiger partial charge in [0.2, 0.25) is 11.9 Å². The van der Waals surface area contributed by atoms with Crippen LogP contribution in [0.25, 0.3) is 0 Å². The van der Waals surface area contributed by atoms with E-state index < -0.39 is 0 Å². The number of aryl methyl sites for hydroxylation is 2. The fraction of sp³-hybridized carbons (Fsp3) is 0.269. The second-order valence-electron chi connectivity index (χ2n) is 9.14. The summed E-state index contributed by atoms with van der Waals surface area (Å²) in [4.78, 5) is 28.3. The fourth-order valence-electron chi connectivity index (χ4n) is 4.65. The number of hydrazone groups is 1. The molecule has 5 N–H and O–H groups in total. The third kappa shape index (κ3) is 6.17. The van der Waals surface area contributed by atoms with Gasteiger partial charge in [0, 0.05) is 37.1 Å². The van der Waals surface area contributed by atoms with E-state index in [0.29, 0.717) is 29.6 Å². The molecule has 1 fully saturated rings. The number of nitrogens with two attached hydrogens (primary N) is 1. The highest BCUT2D eigenvalue weighted by molar-refractivity contribution is 8.16. The molecule has 0 saturated carbocycles. The molecule has 1 amide bonds. The predicted octanol–water partition coefficient (Wildman–Crippen LogP) is 4.87. The van der Waals surface area contributed by atoms with Crippen LogP contribution < -0.4 is 21.8 Å². The molecule has 196 valence electrons. The average molecular weight is 550 g/mol. The number of halogens is 1. The van der Waals surface area contributed by atoms with E-state index in [1.165, 1.54) is 11.8 Å². The van der Waals surface area contributed by atoms with Crippen LogP contribution in [0.1, 0.15) is 24.0 Å². The number of hydrogen-bond acceptors (Lipinski definition) is 9. The van der Waals surface area contributed by atoms with Crippen molar-refractivity contribution in [3.05, 3.63) is 71.0 Å². The van der Waals surface area contributed by atoms with Crippen molar-refractivity contribution in [2.24, 2.45) is 16.9 Å². The molecule has 10 nitrogen and oxygen atoms in total. The Morgan fingerprint density at radius 2 is 2.16 bits per heavy atom. The number of amidine groups is 1. The van der Waals surface area contributed by atoms with Gasteiger partial charge in [-0.2, -0.15) is 10.1 Å². The molecule has 4 heterocycles. The lowest BCUT2D eigenvalue weighted by Gasteiger charge is -2.18. The van der Waals surface area contributed by atoms with Gasteiger partial charge < -0.3 is 26.7 Å². The number of nitrogens with one attached hydrogen (secondary N) is 3. The summed E-state index contributed by atoms with van der Waals surface area (Å²) in [5, 5.41) is 16.3. The quantitative estimate of drug-likeness (QED) is 0.156. The van der Waals surface area contributed by atoms with Crippen LogP contribution in [0.2, 0.25) is 5.02 Å². The van der Waals surface area contributed by atoms with E-state index in [1.54, 1.807) is 17.8 Å². The van der Waals surface area contributed by atoms with E-state index in [4.69, 9.17) is 17.4 Å². The Labute approximate surface area is 230 Å². The van der Waals surface area contributed by atoms with Gasteiger partial charge in [-0.1, -0.05) is 29.9 Å². The molecule has 2 aliphatic heterocycles. The molecular formula is C26H28ClN9OS. The minimum atomic E-state index is -0.0179. The molecule has 0 spiro atoms. The maximum atomic E-state index is 13.1. The number of carbonyl (C=O) groups is 1. The van der Waals surface area contributed by atoms with Gasteiger partial charge in [-0.05, 0) is 66.0 Å². The van der Waals surface area contributed by atoms with Crippen LogP contribution in [-0.4, -0.2) is 44.0 Å². The minimum absolute atomic E-state index is 0.0179. The Morgan fingerprint density at radius 1 is 1.26 bits per heavy atom. The van der Waals surface area contributed by atoms with Crippen LogP contribution >= 0.6 is 23.4 Å². The zero-order chi connectivity index (χ0) is 26.5. The first-order chi connectivity index (χ1) is 18.5. The summed E-state index contributed by atoms with van der Waals surface area (Å²) in [5.41, 5.74) is 4.44. The summed E-state index contributed by atoms with van der Waals surface area (Å²) in [6.45, 7) is 5.28. The standard InChI is InChI=1S/C26H28ClN9OS/c1-2-38-26(35-28)36-8-7-17(15-36)10-23(37)33-22-6-5-19-11-18(22)4-3-16-9-20(13-29-12-16)32-25-30-14-21(27)24(31-19)34-25/h2,5-6,9,11-14,17H,1,3-4,7-8,10,15,28H2,(H,33,37)(H2,30,31,32,34)/b35-26-. The van der Waals surface area contributed by atoms with Crippen LogP contribution in [0.4, 0.5) is 28.8 Å². The van der Waals surface area contributed by atoms with Crippen molar-refractivity contribution < 1.29 is 4.79 Å². The van der Waals surface area contributed by atoms with E-state index in [1.807, 2.05) is 30.5 Å². The molecule has 1 aromatic carbocycles. The lowest BCUT2D eigenvalue weighted by molar-refractivity contribution is -0.117. The van der Waals surface area contributed by atoms with Gasteiger partial charge in [-0.25, -0.2) is 4.98 Å². The molecule has 1 unspecified atom stereocenters. The Morgan fingerprint density at radius 3 is 3.00 bits per heavy atom.